The van der Waals surface area contributed by atoms with Gasteiger partial charge < -0.3 is 5.32 Å². The minimum Gasteiger partial charge on any atom is -0.379 e. The lowest BCUT2D eigenvalue weighted by molar-refractivity contribution is 0.624. The Morgan fingerprint density at radius 2 is 2.00 bits per heavy atom. The van der Waals surface area contributed by atoms with E-state index >= 15 is 0 Å². The molecule has 0 bridgehead atoms. The second-order valence-electron chi connectivity index (χ2n) is 4.82. The van der Waals surface area contributed by atoms with Crippen LogP contribution < -0.4 is 5.32 Å². The van der Waals surface area contributed by atoms with Crippen molar-refractivity contribution in [2.45, 2.75) is 18.9 Å². The number of rotatable bonds is 2. The summed E-state index contributed by atoms with van der Waals surface area (Å²) in [6.45, 7) is 0. The lowest BCUT2D eigenvalue weighted by Gasteiger charge is -2.24. The molecule has 0 saturated carbocycles. The number of nitrogens with one attached hydrogen (secondary N) is 1. The van der Waals surface area contributed by atoms with Gasteiger partial charge in [0.05, 0.1) is 11.2 Å². The van der Waals surface area contributed by atoms with Gasteiger partial charge in [0.25, 0.3) is 0 Å². The van der Waals surface area contributed by atoms with E-state index in [1.807, 2.05) is 24.3 Å². The SMILES string of the molecule is N#Cc1nnc2ccccc2c1NC1CCS(=O)CC1. The van der Waals surface area contributed by atoms with Crippen LogP contribution in [-0.4, -0.2) is 32.0 Å². The molecule has 5 nitrogen and oxygen atoms in total. The number of nitriles is 1. The molecule has 3 rings (SSSR count). The predicted molar refractivity (Wildman–Crippen MR) is 78.8 cm³/mol. The Kier molecular flexibility index (Phi) is 3.61. The van der Waals surface area contributed by atoms with E-state index in [1.165, 1.54) is 0 Å². The Bertz CT molecular complexity index is 700. The maximum atomic E-state index is 11.4. The van der Waals surface area contributed by atoms with E-state index in [0.717, 1.165) is 40.9 Å². The lowest BCUT2D eigenvalue weighted by atomic mass is 10.1. The van der Waals surface area contributed by atoms with Crippen LogP contribution in [0.5, 0.6) is 0 Å². The van der Waals surface area contributed by atoms with Gasteiger partial charge >= 0.3 is 0 Å². The molecular formula is C14H14N4OS. The van der Waals surface area contributed by atoms with E-state index in [-0.39, 0.29) is 6.04 Å². The fourth-order valence-electron chi connectivity index (χ4n) is 2.42. The van der Waals surface area contributed by atoms with Crippen LogP contribution in [0, 0.1) is 11.3 Å². The molecule has 1 aromatic carbocycles. The summed E-state index contributed by atoms with van der Waals surface area (Å²) in [5, 5.41) is 21.5. The van der Waals surface area contributed by atoms with Crippen LogP contribution in [0.4, 0.5) is 5.69 Å². The number of fused-ring (bicyclic) bond motifs is 1. The summed E-state index contributed by atoms with van der Waals surface area (Å²) >= 11 is 0. The minimum atomic E-state index is -0.686. The highest BCUT2D eigenvalue weighted by atomic mass is 32.2. The minimum absolute atomic E-state index is 0.243. The quantitative estimate of drug-likeness (QED) is 0.911. The summed E-state index contributed by atoms with van der Waals surface area (Å²) in [4.78, 5) is 0. The van der Waals surface area contributed by atoms with Crippen molar-refractivity contribution in [1.82, 2.24) is 10.2 Å². The van der Waals surface area contributed by atoms with Crippen molar-refractivity contribution >= 4 is 27.4 Å². The van der Waals surface area contributed by atoms with Gasteiger partial charge in [-0.2, -0.15) is 5.26 Å². The Morgan fingerprint density at radius 3 is 2.75 bits per heavy atom. The van der Waals surface area contributed by atoms with Gasteiger partial charge in [-0.25, -0.2) is 0 Å². The second kappa shape index (κ2) is 5.55. The summed E-state index contributed by atoms with van der Waals surface area (Å²) < 4.78 is 11.4. The van der Waals surface area contributed by atoms with Crippen molar-refractivity contribution in [3.63, 3.8) is 0 Å². The first-order valence-corrected chi connectivity index (χ1v) is 8.04. The van der Waals surface area contributed by atoms with Gasteiger partial charge in [-0.05, 0) is 18.9 Å². The van der Waals surface area contributed by atoms with Gasteiger partial charge in [0, 0.05) is 33.7 Å². The van der Waals surface area contributed by atoms with Gasteiger partial charge in [-0.3, -0.25) is 4.21 Å². The highest BCUT2D eigenvalue weighted by molar-refractivity contribution is 7.85. The molecule has 6 heteroatoms. The van der Waals surface area contributed by atoms with Gasteiger partial charge in [0.15, 0.2) is 5.69 Å². The van der Waals surface area contributed by atoms with Crippen molar-refractivity contribution in [1.29, 1.82) is 5.26 Å². The maximum absolute atomic E-state index is 11.4. The van der Waals surface area contributed by atoms with Crippen molar-refractivity contribution in [3.8, 4) is 6.07 Å². The summed E-state index contributed by atoms with van der Waals surface area (Å²) in [5.74, 6) is 1.44. The molecule has 0 radical (unpaired) electrons. The monoisotopic (exact) mass is 286 g/mol. The predicted octanol–water partition coefficient (Wildman–Crippen LogP) is 1.82. The van der Waals surface area contributed by atoms with Crippen molar-refractivity contribution in [3.05, 3.63) is 30.0 Å². The largest absolute Gasteiger partial charge is 0.379 e. The van der Waals surface area contributed by atoms with Crippen LogP contribution in [0.25, 0.3) is 10.9 Å². The molecule has 1 aliphatic heterocycles. The zero-order chi connectivity index (χ0) is 13.9. The summed E-state index contributed by atoms with van der Waals surface area (Å²) in [6, 6.07) is 9.97. The Hall–Kier alpha value is -2.00. The van der Waals surface area contributed by atoms with E-state index in [4.69, 9.17) is 0 Å². The molecular weight excluding hydrogens is 272 g/mol. The third-order valence-electron chi connectivity index (χ3n) is 3.51. The highest BCUT2D eigenvalue weighted by Crippen LogP contribution is 2.26. The van der Waals surface area contributed by atoms with Crippen LogP contribution in [0.2, 0.25) is 0 Å². The summed E-state index contributed by atoms with van der Waals surface area (Å²) in [6.07, 6.45) is 1.71. The molecule has 2 heterocycles. The Morgan fingerprint density at radius 1 is 1.25 bits per heavy atom. The van der Waals surface area contributed by atoms with Crippen molar-refractivity contribution in [2.24, 2.45) is 0 Å². The molecule has 0 aliphatic carbocycles. The van der Waals surface area contributed by atoms with Gasteiger partial charge in [-0.1, -0.05) is 18.2 Å². The van der Waals surface area contributed by atoms with Crippen molar-refractivity contribution < 1.29 is 4.21 Å². The molecule has 1 fully saturated rings. The molecule has 0 amide bonds. The Balaban J connectivity index is 1.97. The van der Waals surface area contributed by atoms with E-state index in [9.17, 15) is 9.47 Å². The van der Waals surface area contributed by atoms with Crippen LogP contribution in [0.1, 0.15) is 18.5 Å². The lowest BCUT2D eigenvalue weighted by Crippen LogP contribution is -2.29. The van der Waals surface area contributed by atoms with Crippen molar-refractivity contribution in [2.75, 3.05) is 16.8 Å². The number of hydrogen-bond acceptors (Lipinski definition) is 5. The molecule has 102 valence electrons. The third-order valence-corrected chi connectivity index (χ3v) is 4.89. The first-order chi connectivity index (χ1) is 9.78. The number of aromatic nitrogens is 2. The van der Waals surface area contributed by atoms with E-state index < -0.39 is 10.8 Å². The molecule has 1 saturated heterocycles. The average Bonchev–Trinajstić information content (AvgIpc) is 2.50. The maximum Gasteiger partial charge on any atom is 0.186 e. The topological polar surface area (TPSA) is 78.7 Å². The second-order valence-corrected chi connectivity index (χ2v) is 6.52. The number of anilines is 1. The fraction of sp³-hybridized carbons (Fsp3) is 0.357. The fourth-order valence-corrected chi connectivity index (χ4v) is 3.72. The molecule has 20 heavy (non-hydrogen) atoms. The van der Waals surface area contributed by atoms with Crippen LogP contribution in [0.3, 0.4) is 0 Å². The summed E-state index contributed by atoms with van der Waals surface area (Å²) in [5.41, 5.74) is 1.83. The number of nitrogens with zero attached hydrogens (tertiary/aromatic N) is 3. The van der Waals surface area contributed by atoms with Gasteiger partial charge in [0.1, 0.15) is 6.07 Å². The number of benzene rings is 1. The average molecular weight is 286 g/mol. The van der Waals surface area contributed by atoms with E-state index in [0.29, 0.717) is 5.69 Å². The van der Waals surface area contributed by atoms with Crippen LogP contribution >= 0.6 is 0 Å². The molecule has 0 atom stereocenters. The first-order valence-electron chi connectivity index (χ1n) is 6.55. The van der Waals surface area contributed by atoms with Gasteiger partial charge in [-0.15, -0.1) is 10.2 Å². The Labute approximate surface area is 119 Å². The molecule has 0 spiro atoms. The zero-order valence-corrected chi connectivity index (χ0v) is 11.7. The third kappa shape index (κ3) is 2.49. The normalized spacial score (nSPS) is 22.4. The van der Waals surface area contributed by atoms with Gasteiger partial charge in [0.2, 0.25) is 0 Å². The smallest absolute Gasteiger partial charge is 0.186 e. The standard InChI is InChI=1S/C14H14N4OS/c15-9-13-14(16-10-5-7-20(19)8-6-10)11-3-1-2-4-12(11)17-18-13/h1-4,10H,5-8H2,(H,16,17). The summed E-state index contributed by atoms with van der Waals surface area (Å²) in [7, 11) is -0.686. The number of hydrogen-bond donors (Lipinski definition) is 1. The molecule has 0 unspecified atom stereocenters. The molecule has 1 aliphatic rings. The van der Waals surface area contributed by atoms with E-state index in [1.54, 1.807) is 0 Å². The first kappa shape index (κ1) is 13.0. The van der Waals surface area contributed by atoms with Crippen LogP contribution in [0.15, 0.2) is 24.3 Å². The highest BCUT2D eigenvalue weighted by Gasteiger charge is 2.20. The van der Waals surface area contributed by atoms with Crippen LogP contribution in [-0.2, 0) is 10.8 Å². The molecule has 2 aromatic rings. The molecule has 1 aromatic heterocycles. The molecule has 1 N–H and O–H groups in total. The zero-order valence-electron chi connectivity index (χ0n) is 10.9. The van der Waals surface area contributed by atoms with E-state index in [2.05, 4.69) is 21.6 Å².